The molecule has 0 amide bonds. The zero-order valence-electron chi connectivity index (χ0n) is 8.40. The number of benzene rings is 1. The van der Waals surface area contributed by atoms with Crippen LogP contribution >= 0.6 is 0 Å². The molecule has 0 bridgehead atoms. The molecule has 3 heteroatoms. The van der Waals surface area contributed by atoms with Gasteiger partial charge in [0.15, 0.2) is 0 Å². The van der Waals surface area contributed by atoms with Gasteiger partial charge in [0.2, 0.25) is 0 Å². The highest BCUT2D eigenvalue weighted by Gasteiger charge is 2.07. The van der Waals surface area contributed by atoms with E-state index in [9.17, 15) is 0 Å². The number of aliphatic imine (C=N–C) groups is 1. The van der Waals surface area contributed by atoms with E-state index in [4.69, 9.17) is 0 Å². The third kappa shape index (κ3) is 2.05. The quantitative estimate of drug-likeness (QED) is 0.719. The summed E-state index contributed by atoms with van der Waals surface area (Å²) in [7, 11) is 2.01. The summed E-state index contributed by atoms with van der Waals surface area (Å²) in [5.41, 5.74) is 4.43. The Morgan fingerprint density at radius 2 is 2.07 bits per heavy atom. The fraction of sp³-hybridized carbons (Fsp3) is 0.364. The fourth-order valence-electron chi connectivity index (χ4n) is 1.54. The monoisotopic (exact) mass is 189 g/mol. The molecule has 1 N–H and O–H groups in total. The SMILES string of the molecule is CN(NC1=NCCC1)c1ccccc1. The van der Waals surface area contributed by atoms with E-state index in [-0.39, 0.29) is 0 Å². The molecular weight excluding hydrogens is 174 g/mol. The van der Waals surface area contributed by atoms with Gasteiger partial charge in [-0.1, -0.05) is 18.2 Å². The van der Waals surface area contributed by atoms with Crippen molar-refractivity contribution in [1.29, 1.82) is 0 Å². The molecule has 14 heavy (non-hydrogen) atoms. The topological polar surface area (TPSA) is 27.6 Å². The van der Waals surface area contributed by atoms with Gasteiger partial charge in [0, 0.05) is 20.0 Å². The summed E-state index contributed by atoms with van der Waals surface area (Å²) in [5.74, 6) is 1.09. The maximum absolute atomic E-state index is 4.37. The number of nitrogens with one attached hydrogen (secondary N) is 1. The normalized spacial score (nSPS) is 15.1. The smallest absolute Gasteiger partial charge is 0.115 e. The van der Waals surface area contributed by atoms with E-state index < -0.39 is 0 Å². The van der Waals surface area contributed by atoms with Crippen molar-refractivity contribution in [3.63, 3.8) is 0 Å². The second-order valence-electron chi connectivity index (χ2n) is 3.44. The van der Waals surface area contributed by atoms with Gasteiger partial charge in [-0.2, -0.15) is 0 Å². The lowest BCUT2D eigenvalue weighted by Crippen LogP contribution is -2.38. The molecular formula is C11H15N3. The Bertz CT molecular complexity index is 319. The molecule has 3 nitrogen and oxygen atoms in total. The Hall–Kier alpha value is -1.51. The Kier molecular flexibility index (Phi) is 2.68. The number of para-hydroxylation sites is 1. The molecule has 1 heterocycles. The van der Waals surface area contributed by atoms with Crippen LogP contribution < -0.4 is 10.4 Å². The zero-order valence-corrected chi connectivity index (χ0v) is 8.40. The summed E-state index contributed by atoms with van der Waals surface area (Å²) in [6.45, 7) is 0.963. The molecule has 0 spiro atoms. The molecule has 0 aliphatic carbocycles. The predicted octanol–water partition coefficient (Wildman–Crippen LogP) is 1.82. The first-order chi connectivity index (χ1) is 6.86. The van der Waals surface area contributed by atoms with Crippen molar-refractivity contribution >= 4 is 11.5 Å². The summed E-state index contributed by atoms with van der Waals surface area (Å²) in [6, 6.07) is 10.2. The van der Waals surface area contributed by atoms with Crippen molar-refractivity contribution in [2.24, 2.45) is 4.99 Å². The van der Waals surface area contributed by atoms with Crippen LogP contribution in [-0.4, -0.2) is 19.4 Å². The number of amidine groups is 1. The van der Waals surface area contributed by atoms with Crippen LogP contribution in [0.3, 0.4) is 0 Å². The van der Waals surface area contributed by atoms with Gasteiger partial charge >= 0.3 is 0 Å². The highest BCUT2D eigenvalue weighted by molar-refractivity contribution is 5.84. The lowest BCUT2D eigenvalue weighted by Gasteiger charge is -2.21. The minimum atomic E-state index is 0.963. The van der Waals surface area contributed by atoms with E-state index >= 15 is 0 Å². The second kappa shape index (κ2) is 4.13. The second-order valence-corrected chi connectivity index (χ2v) is 3.44. The van der Waals surface area contributed by atoms with E-state index in [0.717, 1.165) is 24.5 Å². The van der Waals surface area contributed by atoms with E-state index in [2.05, 4.69) is 22.6 Å². The lowest BCUT2D eigenvalue weighted by molar-refractivity contribution is 0.860. The third-order valence-corrected chi connectivity index (χ3v) is 2.31. The van der Waals surface area contributed by atoms with Crippen LogP contribution in [0.15, 0.2) is 35.3 Å². The summed E-state index contributed by atoms with van der Waals surface area (Å²) >= 11 is 0. The molecule has 0 radical (unpaired) electrons. The Balaban J connectivity index is 1.99. The number of hydrogen-bond donors (Lipinski definition) is 1. The number of anilines is 1. The zero-order chi connectivity index (χ0) is 9.80. The van der Waals surface area contributed by atoms with Gasteiger partial charge in [-0.05, 0) is 18.6 Å². The number of nitrogens with zero attached hydrogens (tertiary/aromatic N) is 2. The van der Waals surface area contributed by atoms with Crippen LogP contribution in [0.2, 0.25) is 0 Å². The van der Waals surface area contributed by atoms with Gasteiger partial charge < -0.3 is 0 Å². The van der Waals surface area contributed by atoms with Gasteiger partial charge in [0.25, 0.3) is 0 Å². The van der Waals surface area contributed by atoms with Gasteiger partial charge in [-0.25, -0.2) is 0 Å². The molecule has 74 valence electrons. The van der Waals surface area contributed by atoms with Crippen molar-refractivity contribution in [2.45, 2.75) is 12.8 Å². The minimum Gasteiger partial charge on any atom is -0.290 e. The highest BCUT2D eigenvalue weighted by Crippen LogP contribution is 2.10. The minimum absolute atomic E-state index is 0.963. The van der Waals surface area contributed by atoms with E-state index in [0.29, 0.717) is 0 Å². The molecule has 0 atom stereocenters. The molecule has 2 rings (SSSR count). The largest absolute Gasteiger partial charge is 0.290 e. The predicted molar refractivity (Wildman–Crippen MR) is 59.5 cm³/mol. The van der Waals surface area contributed by atoms with E-state index in [1.54, 1.807) is 0 Å². The average molecular weight is 189 g/mol. The number of hydrazine groups is 1. The maximum atomic E-state index is 4.37. The number of rotatable bonds is 2. The highest BCUT2D eigenvalue weighted by atomic mass is 15.5. The first kappa shape index (κ1) is 9.06. The lowest BCUT2D eigenvalue weighted by atomic mass is 10.3. The summed E-state index contributed by atoms with van der Waals surface area (Å²) < 4.78 is 0. The van der Waals surface area contributed by atoms with Gasteiger partial charge in [-0.15, -0.1) is 0 Å². The average Bonchev–Trinajstić information content (AvgIpc) is 2.72. The van der Waals surface area contributed by atoms with Crippen molar-refractivity contribution in [3.8, 4) is 0 Å². The van der Waals surface area contributed by atoms with Crippen LogP contribution in [0.5, 0.6) is 0 Å². The molecule has 1 aliphatic heterocycles. The van der Waals surface area contributed by atoms with Crippen molar-refractivity contribution in [2.75, 3.05) is 18.6 Å². The maximum Gasteiger partial charge on any atom is 0.115 e. The van der Waals surface area contributed by atoms with Gasteiger partial charge in [0.1, 0.15) is 5.84 Å². The van der Waals surface area contributed by atoms with Crippen molar-refractivity contribution in [1.82, 2.24) is 5.43 Å². The summed E-state index contributed by atoms with van der Waals surface area (Å²) in [6.07, 6.45) is 2.24. The molecule has 0 unspecified atom stereocenters. The van der Waals surface area contributed by atoms with Gasteiger partial charge in [-0.3, -0.25) is 15.4 Å². The van der Waals surface area contributed by atoms with Crippen molar-refractivity contribution in [3.05, 3.63) is 30.3 Å². The Morgan fingerprint density at radius 3 is 2.71 bits per heavy atom. The summed E-state index contributed by atoms with van der Waals surface area (Å²) in [5, 5.41) is 2.00. The van der Waals surface area contributed by atoms with E-state index in [1.807, 2.05) is 30.3 Å². The standard InChI is InChI=1S/C11H15N3/c1-14(10-6-3-2-4-7-10)13-11-8-5-9-12-11/h2-4,6-7H,5,8-9H2,1H3,(H,12,13). The molecule has 0 fully saturated rings. The molecule has 1 aromatic carbocycles. The molecule has 0 saturated heterocycles. The third-order valence-electron chi connectivity index (χ3n) is 2.31. The molecule has 1 aromatic rings. The fourth-order valence-corrected chi connectivity index (χ4v) is 1.54. The van der Waals surface area contributed by atoms with Crippen LogP contribution in [0, 0.1) is 0 Å². The van der Waals surface area contributed by atoms with Crippen LogP contribution in [0.1, 0.15) is 12.8 Å². The Morgan fingerprint density at radius 1 is 1.29 bits per heavy atom. The summed E-state index contributed by atoms with van der Waals surface area (Å²) in [4.78, 5) is 4.37. The first-order valence-electron chi connectivity index (χ1n) is 4.95. The van der Waals surface area contributed by atoms with Crippen LogP contribution in [0.4, 0.5) is 5.69 Å². The molecule has 1 aliphatic rings. The number of hydrogen-bond acceptors (Lipinski definition) is 3. The van der Waals surface area contributed by atoms with Crippen molar-refractivity contribution < 1.29 is 0 Å². The first-order valence-corrected chi connectivity index (χ1v) is 4.95. The van der Waals surface area contributed by atoms with Crippen LogP contribution in [0.25, 0.3) is 0 Å². The van der Waals surface area contributed by atoms with Gasteiger partial charge in [0.05, 0.1) is 5.69 Å². The van der Waals surface area contributed by atoms with E-state index in [1.165, 1.54) is 6.42 Å². The molecule has 0 aromatic heterocycles. The molecule has 0 saturated carbocycles. The Labute approximate surface area is 84.4 Å². The van der Waals surface area contributed by atoms with Crippen LogP contribution in [-0.2, 0) is 0 Å².